The van der Waals surface area contributed by atoms with Gasteiger partial charge >= 0.3 is 0 Å². The topological polar surface area (TPSA) is 78.0 Å². The number of ether oxygens (including phenoxy) is 3. The van der Waals surface area contributed by atoms with Crippen molar-refractivity contribution in [2.45, 2.75) is 29.4 Å². The van der Waals surface area contributed by atoms with Crippen molar-refractivity contribution in [1.29, 1.82) is 0 Å². The molecule has 35 heavy (non-hydrogen) atoms. The lowest BCUT2D eigenvalue weighted by Gasteiger charge is -2.31. The lowest BCUT2D eigenvalue weighted by Crippen LogP contribution is -2.39. The molecule has 1 aromatic heterocycles. The van der Waals surface area contributed by atoms with Crippen LogP contribution in [0.3, 0.4) is 0 Å². The molecule has 0 saturated carbocycles. The largest absolute Gasteiger partial charge is 0.493 e. The summed E-state index contributed by atoms with van der Waals surface area (Å²) >= 11 is 11.1. The third kappa shape index (κ3) is 5.55. The van der Waals surface area contributed by atoms with Crippen LogP contribution in [-0.2, 0) is 16.3 Å². The number of methoxy groups -OCH3 is 3. The molecule has 0 spiro atoms. The van der Waals surface area contributed by atoms with Crippen LogP contribution in [0.25, 0.3) is 0 Å². The number of halogens is 2. The summed E-state index contributed by atoms with van der Waals surface area (Å²) in [5.74, 6) is 1.76. The molecule has 1 aliphatic rings. The zero-order chi connectivity index (χ0) is 25.2. The zero-order valence-electron chi connectivity index (χ0n) is 19.6. The Balaban J connectivity index is 1.44. The first-order chi connectivity index (χ1) is 16.8. The van der Waals surface area contributed by atoms with Crippen molar-refractivity contribution < 1.29 is 22.6 Å². The van der Waals surface area contributed by atoms with Gasteiger partial charge in [-0.05, 0) is 48.7 Å². The summed E-state index contributed by atoms with van der Waals surface area (Å²) in [7, 11) is 1.27. The fourth-order valence-corrected chi connectivity index (χ4v) is 7.87. The molecule has 1 saturated heterocycles. The molecule has 188 valence electrons. The number of aromatic nitrogens is 1. The molecular weight excluding hydrogens is 576 g/mol. The molecule has 0 unspecified atom stereocenters. The monoisotopic (exact) mass is 600 g/mol. The van der Waals surface area contributed by atoms with Gasteiger partial charge in [0.2, 0.25) is 5.75 Å². The van der Waals surface area contributed by atoms with E-state index in [0.29, 0.717) is 49.6 Å². The van der Waals surface area contributed by atoms with Gasteiger partial charge in [-0.2, -0.15) is 0 Å². The van der Waals surface area contributed by atoms with Gasteiger partial charge in [0.1, 0.15) is 0 Å². The van der Waals surface area contributed by atoms with Crippen LogP contribution in [-0.4, -0.2) is 53.1 Å². The Kier molecular flexibility index (Phi) is 8.15. The number of sulfone groups is 1. The van der Waals surface area contributed by atoms with E-state index in [9.17, 15) is 8.42 Å². The zero-order valence-corrected chi connectivity index (χ0v) is 23.6. The minimum Gasteiger partial charge on any atom is -0.493 e. The van der Waals surface area contributed by atoms with Crippen LogP contribution in [0.2, 0.25) is 5.02 Å². The summed E-state index contributed by atoms with van der Waals surface area (Å²) in [6.07, 6.45) is 1.66. The molecule has 0 aliphatic carbocycles. The van der Waals surface area contributed by atoms with Gasteiger partial charge in [-0.15, -0.1) is 11.3 Å². The molecule has 7 nitrogen and oxygen atoms in total. The Hall–Kier alpha value is -2.01. The highest BCUT2D eigenvalue weighted by molar-refractivity contribution is 9.10. The van der Waals surface area contributed by atoms with Crippen LogP contribution < -0.4 is 19.1 Å². The molecular formula is C24H26BrClN2O5S2. The first-order valence-electron chi connectivity index (χ1n) is 10.9. The van der Waals surface area contributed by atoms with Crippen molar-refractivity contribution in [1.82, 2.24) is 4.98 Å². The van der Waals surface area contributed by atoms with Gasteiger partial charge in [0.05, 0.1) is 42.2 Å². The summed E-state index contributed by atoms with van der Waals surface area (Å²) in [6, 6.07) is 8.74. The number of benzene rings is 2. The van der Waals surface area contributed by atoms with E-state index in [2.05, 4.69) is 20.8 Å². The van der Waals surface area contributed by atoms with Crippen LogP contribution in [0, 0.1) is 0 Å². The second-order valence-corrected chi connectivity index (χ2v) is 12.5. The Labute approximate surface area is 223 Å². The van der Waals surface area contributed by atoms with E-state index in [0.717, 1.165) is 20.9 Å². The van der Waals surface area contributed by atoms with E-state index in [-0.39, 0.29) is 9.92 Å². The first kappa shape index (κ1) is 26.1. The van der Waals surface area contributed by atoms with Gasteiger partial charge in [-0.25, -0.2) is 13.4 Å². The molecule has 2 heterocycles. The lowest BCUT2D eigenvalue weighted by atomic mass is 10.1. The molecule has 2 aromatic carbocycles. The van der Waals surface area contributed by atoms with E-state index in [1.54, 1.807) is 50.9 Å². The van der Waals surface area contributed by atoms with Crippen molar-refractivity contribution in [2.75, 3.05) is 39.3 Å². The number of anilines is 1. The summed E-state index contributed by atoms with van der Waals surface area (Å²) in [5.41, 5.74) is 1.92. The summed E-state index contributed by atoms with van der Waals surface area (Å²) < 4.78 is 43.4. The van der Waals surface area contributed by atoms with Gasteiger partial charge in [-0.1, -0.05) is 27.5 Å². The smallest absolute Gasteiger partial charge is 0.203 e. The SMILES string of the molecule is COc1cc(Cc2csc(N3CCC(S(=O)(=O)c4ccc(Br)cc4Cl)CC3)n2)cc(OC)c1OC. The number of rotatable bonds is 8. The second kappa shape index (κ2) is 10.9. The number of nitrogens with zero attached hydrogens (tertiary/aromatic N) is 2. The molecule has 3 aromatic rings. The van der Waals surface area contributed by atoms with E-state index < -0.39 is 15.1 Å². The maximum absolute atomic E-state index is 13.2. The number of piperidine rings is 1. The minimum absolute atomic E-state index is 0.197. The standard InChI is InChI=1S/C24H26BrClN2O5S2/c1-31-20-11-15(12-21(32-2)23(20)33-3)10-17-14-34-24(27-17)28-8-6-18(7-9-28)35(29,30)22-5-4-16(25)13-19(22)26/h4-5,11-14,18H,6-10H2,1-3H3. The van der Waals surface area contributed by atoms with Gasteiger partial charge in [0, 0.05) is 29.4 Å². The molecule has 11 heteroatoms. The van der Waals surface area contributed by atoms with Crippen molar-refractivity contribution in [3.63, 3.8) is 0 Å². The van der Waals surface area contributed by atoms with Gasteiger partial charge in [-0.3, -0.25) is 0 Å². The fraction of sp³-hybridized carbons (Fsp3) is 0.375. The molecule has 0 bridgehead atoms. The van der Waals surface area contributed by atoms with E-state index in [4.69, 9.17) is 30.8 Å². The second-order valence-electron chi connectivity index (χ2n) is 8.14. The van der Waals surface area contributed by atoms with Crippen LogP contribution in [0.15, 0.2) is 45.1 Å². The van der Waals surface area contributed by atoms with Gasteiger partial charge in [0.25, 0.3) is 0 Å². The Morgan fingerprint density at radius 1 is 1.09 bits per heavy atom. The Morgan fingerprint density at radius 2 is 1.74 bits per heavy atom. The van der Waals surface area contributed by atoms with Crippen molar-refractivity contribution >= 4 is 53.8 Å². The van der Waals surface area contributed by atoms with Gasteiger partial charge < -0.3 is 19.1 Å². The molecule has 0 radical (unpaired) electrons. The molecule has 0 N–H and O–H groups in total. The summed E-state index contributed by atoms with van der Waals surface area (Å²) in [5, 5.41) is 2.71. The van der Waals surface area contributed by atoms with Crippen LogP contribution in [0.4, 0.5) is 5.13 Å². The Bertz CT molecular complexity index is 1280. The highest BCUT2D eigenvalue weighted by atomic mass is 79.9. The highest BCUT2D eigenvalue weighted by Gasteiger charge is 2.33. The van der Waals surface area contributed by atoms with E-state index in [1.807, 2.05) is 17.5 Å². The van der Waals surface area contributed by atoms with Gasteiger partial charge in [0.15, 0.2) is 26.5 Å². The average Bonchev–Trinajstić information content (AvgIpc) is 3.31. The summed E-state index contributed by atoms with van der Waals surface area (Å²) in [4.78, 5) is 7.16. The van der Waals surface area contributed by atoms with E-state index in [1.165, 1.54) is 0 Å². The predicted octanol–water partition coefficient (Wildman–Crippen LogP) is 5.62. The molecule has 4 rings (SSSR count). The summed E-state index contributed by atoms with van der Waals surface area (Å²) in [6.45, 7) is 1.24. The molecule has 1 aliphatic heterocycles. The molecule has 1 fully saturated rings. The third-order valence-corrected chi connectivity index (χ3v) is 10.2. The van der Waals surface area contributed by atoms with Crippen molar-refractivity contribution in [3.05, 3.63) is 56.5 Å². The normalized spacial score (nSPS) is 14.7. The first-order valence-corrected chi connectivity index (χ1v) is 14.5. The Morgan fingerprint density at radius 3 is 2.31 bits per heavy atom. The van der Waals surface area contributed by atoms with Crippen molar-refractivity contribution in [2.24, 2.45) is 0 Å². The van der Waals surface area contributed by atoms with Crippen LogP contribution >= 0.6 is 38.9 Å². The molecule has 0 atom stereocenters. The van der Waals surface area contributed by atoms with Crippen LogP contribution in [0.5, 0.6) is 17.2 Å². The van der Waals surface area contributed by atoms with Crippen LogP contribution in [0.1, 0.15) is 24.1 Å². The number of thiazole rings is 1. The number of hydrogen-bond acceptors (Lipinski definition) is 8. The quantitative estimate of drug-likeness (QED) is 0.332. The predicted molar refractivity (Wildman–Crippen MR) is 143 cm³/mol. The highest BCUT2D eigenvalue weighted by Crippen LogP contribution is 2.39. The van der Waals surface area contributed by atoms with E-state index >= 15 is 0 Å². The van der Waals surface area contributed by atoms with Crippen molar-refractivity contribution in [3.8, 4) is 17.2 Å². The average molecular weight is 602 g/mol. The minimum atomic E-state index is -3.50. The maximum atomic E-state index is 13.2. The maximum Gasteiger partial charge on any atom is 0.203 e. The number of hydrogen-bond donors (Lipinski definition) is 0. The fourth-order valence-electron chi connectivity index (χ4n) is 4.21. The lowest BCUT2D eigenvalue weighted by molar-refractivity contribution is 0.324. The molecule has 0 amide bonds. The third-order valence-electron chi connectivity index (χ3n) is 6.00.